The van der Waals surface area contributed by atoms with Crippen LogP contribution in [0.5, 0.6) is 5.75 Å². The molecule has 0 radical (unpaired) electrons. The van der Waals surface area contributed by atoms with Gasteiger partial charge in [0, 0.05) is 11.0 Å². The fourth-order valence-electron chi connectivity index (χ4n) is 1.75. The van der Waals surface area contributed by atoms with Crippen LogP contribution in [0.15, 0.2) is 46.9 Å². The maximum absolute atomic E-state index is 9.94. The molecule has 0 aliphatic carbocycles. The number of benzene rings is 2. The Balaban J connectivity index is 1.80. The topological polar surface area (TPSA) is 41.5 Å². The number of ether oxygens (including phenoxy) is 1. The summed E-state index contributed by atoms with van der Waals surface area (Å²) in [6, 6.07) is 13.3. The molecular formula is C16H17BrClNO2. The predicted molar refractivity (Wildman–Crippen MR) is 90.3 cm³/mol. The van der Waals surface area contributed by atoms with Crippen molar-refractivity contribution in [3.05, 3.63) is 57.5 Å². The number of nitrogens with one attached hydrogen (secondary N) is 1. The fraction of sp³-hybridized carbons (Fsp3) is 0.250. The van der Waals surface area contributed by atoms with Crippen molar-refractivity contribution in [3.8, 4) is 5.75 Å². The summed E-state index contributed by atoms with van der Waals surface area (Å²) in [5.41, 5.74) is 1.95. The first kappa shape index (κ1) is 16.1. The van der Waals surface area contributed by atoms with Crippen molar-refractivity contribution >= 4 is 33.2 Å². The third-order valence-corrected chi connectivity index (χ3v) is 3.74. The molecule has 0 aliphatic rings. The minimum atomic E-state index is -0.624. The van der Waals surface area contributed by atoms with Gasteiger partial charge in [-0.1, -0.05) is 45.2 Å². The Labute approximate surface area is 138 Å². The largest absolute Gasteiger partial charge is 0.491 e. The van der Waals surface area contributed by atoms with E-state index in [1.165, 1.54) is 5.56 Å². The molecule has 2 aromatic carbocycles. The van der Waals surface area contributed by atoms with Crippen molar-refractivity contribution in [2.24, 2.45) is 0 Å². The number of anilines is 1. The lowest BCUT2D eigenvalue weighted by Gasteiger charge is -2.15. The normalized spacial score (nSPS) is 12.0. The maximum atomic E-state index is 9.94. The molecule has 3 nitrogen and oxygen atoms in total. The maximum Gasteiger partial charge on any atom is 0.119 e. The monoisotopic (exact) mass is 369 g/mol. The summed E-state index contributed by atoms with van der Waals surface area (Å²) in [6.07, 6.45) is -0.624. The van der Waals surface area contributed by atoms with E-state index in [1.54, 1.807) is 6.07 Å². The molecular weight excluding hydrogens is 354 g/mol. The zero-order valence-corrected chi connectivity index (χ0v) is 14.0. The van der Waals surface area contributed by atoms with E-state index in [-0.39, 0.29) is 6.61 Å². The minimum Gasteiger partial charge on any atom is -0.491 e. The minimum absolute atomic E-state index is 0.224. The molecule has 0 saturated carbocycles. The Morgan fingerprint density at radius 2 is 1.95 bits per heavy atom. The zero-order chi connectivity index (χ0) is 15.2. The Bertz CT molecular complexity index is 589. The molecule has 0 fully saturated rings. The average Bonchev–Trinajstić information content (AvgIpc) is 2.47. The Kier molecular flexibility index (Phi) is 5.91. The van der Waals surface area contributed by atoms with Crippen LogP contribution >= 0.6 is 27.5 Å². The second kappa shape index (κ2) is 7.69. The highest BCUT2D eigenvalue weighted by Gasteiger charge is 2.07. The number of hydrogen-bond donors (Lipinski definition) is 2. The summed E-state index contributed by atoms with van der Waals surface area (Å²) in [5.74, 6) is 0.750. The van der Waals surface area contributed by atoms with Crippen LogP contribution in [-0.2, 0) is 0 Å². The lowest BCUT2D eigenvalue weighted by molar-refractivity contribution is 0.117. The van der Waals surface area contributed by atoms with Gasteiger partial charge < -0.3 is 15.2 Å². The molecule has 1 unspecified atom stereocenters. The number of aliphatic hydroxyl groups is 1. The first-order valence-electron chi connectivity index (χ1n) is 6.61. The van der Waals surface area contributed by atoms with Crippen molar-refractivity contribution in [2.45, 2.75) is 13.0 Å². The molecule has 0 saturated heterocycles. The van der Waals surface area contributed by atoms with Crippen molar-refractivity contribution in [3.63, 3.8) is 0 Å². The van der Waals surface area contributed by atoms with E-state index < -0.39 is 6.10 Å². The van der Waals surface area contributed by atoms with Crippen molar-refractivity contribution in [1.29, 1.82) is 0 Å². The SMILES string of the molecule is Cc1ccc(OCC(O)CNc2cc(Br)ccc2Cl)cc1. The number of rotatable bonds is 6. The van der Waals surface area contributed by atoms with Crippen LogP contribution in [0.3, 0.4) is 0 Å². The third-order valence-electron chi connectivity index (χ3n) is 2.92. The molecule has 1 atom stereocenters. The van der Waals surface area contributed by atoms with Gasteiger partial charge in [0.25, 0.3) is 0 Å². The van der Waals surface area contributed by atoms with Gasteiger partial charge >= 0.3 is 0 Å². The van der Waals surface area contributed by atoms with Gasteiger partial charge in [0.2, 0.25) is 0 Å². The second-order valence-corrected chi connectivity index (χ2v) is 6.11. The summed E-state index contributed by atoms with van der Waals surface area (Å²) >= 11 is 9.46. The van der Waals surface area contributed by atoms with Gasteiger partial charge in [0.15, 0.2) is 0 Å². The van der Waals surface area contributed by atoms with E-state index in [9.17, 15) is 5.11 Å². The second-order valence-electron chi connectivity index (χ2n) is 4.78. The highest BCUT2D eigenvalue weighted by atomic mass is 79.9. The van der Waals surface area contributed by atoms with Crippen molar-refractivity contribution in [2.75, 3.05) is 18.5 Å². The van der Waals surface area contributed by atoms with Gasteiger partial charge in [0.1, 0.15) is 18.5 Å². The van der Waals surface area contributed by atoms with Crippen LogP contribution in [0.1, 0.15) is 5.56 Å². The molecule has 112 valence electrons. The number of aliphatic hydroxyl groups excluding tert-OH is 1. The van der Waals surface area contributed by atoms with Crippen LogP contribution in [0, 0.1) is 6.92 Å². The van der Waals surface area contributed by atoms with Gasteiger partial charge in [-0.05, 0) is 37.3 Å². The summed E-state index contributed by atoms with van der Waals surface area (Å²) in [6.45, 7) is 2.61. The molecule has 0 bridgehead atoms. The Hall–Kier alpha value is -1.23. The molecule has 0 aliphatic heterocycles. The van der Waals surface area contributed by atoms with Gasteiger partial charge in [-0.3, -0.25) is 0 Å². The van der Waals surface area contributed by atoms with Gasteiger partial charge in [-0.25, -0.2) is 0 Å². The van der Waals surface area contributed by atoms with E-state index in [2.05, 4.69) is 21.2 Å². The molecule has 0 aromatic heterocycles. The lowest BCUT2D eigenvalue weighted by atomic mass is 10.2. The summed E-state index contributed by atoms with van der Waals surface area (Å²) in [7, 11) is 0. The molecule has 5 heteroatoms. The first-order valence-corrected chi connectivity index (χ1v) is 7.78. The van der Waals surface area contributed by atoms with Crippen LogP contribution in [0.2, 0.25) is 5.02 Å². The van der Waals surface area contributed by atoms with E-state index in [1.807, 2.05) is 43.3 Å². The lowest BCUT2D eigenvalue weighted by Crippen LogP contribution is -2.26. The van der Waals surface area contributed by atoms with E-state index in [4.69, 9.17) is 16.3 Å². The average molecular weight is 371 g/mol. The zero-order valence-electron chi connectivity index (χ0n) is 11.6. The molecule has 2 rings (SSSR count). The van der Waals surface area contributed by atoms with Crippen LogP contribution in [0.25, 0.3) is 0 Å². The molecule has 0 amide bonds. The molecule has 21 heavy (non-hydrogen) atoms. The standard InChI is InChI=1S/C16H17BrClNO2/c1-11-2-5-14(6-3-11)21-10-13(20)9-19-16-8-12(17)4-7-15(16)18/h2-8,13,19-20H,9-10H2,1H3. The van der Waals surface area contributed by atoms with Crippen LogP contribution < -0.4 is 10.1 Å². The highest BCUT2D eigenvalue weighted by molar-refractivity contribution is 9.10. The Morgan fingerprint density at radius 1 is 1.24 bits per heavy atom. The van der Waals surface area contributed by atoms with E-state index in [0.29, 0.717) is 11.6 Å². The first-order chi connectivity index (χ1) is 10.0. The smallest absolute Gasteiger partial charge is 0.119 e. The molecule has 0 heterocycles. The van der Waals surface area contributed by atoms with Crippen molar-refractivity contribution in [1.82, 2.24) is 0 Å². The molecule has 2 aromatic rings. The quantitative estimate of drug-likeness (QED) is 0.798. The van der Waals surface area contributed by atoms with Gasteiger partial charge in [-0.15, -0.1) is 0 Å². The fourth-order valence-corrected chi connectivity index (χ4v) is 2.29. The number of halogens is 2. The summed E-state index contributed by atoms with van der Waals surface area (Å²) < 4.78 is 6.46. The molecule has 0 spiro atoms. The van der Waals surface area contributed by atoms with E-state index >= 15 is 0 Å². The summed E-state index contributed by atoms with van der Waals surface area (Å²) in [5, 5.41) is 13.7. The van der Waals surface area contributed by atoms with Gasteiger partial charge in [-0.2, -0.15) is 0 Å². The highest BCUT2D eigenvalue weighted by Crippen LogP contribution is 2.25. The van der Waals surface area contributed by atoms with E-state index in [0.717, 1.165) is 15.9 Å². The predicted octanol–water partition coefficient (Wildman–Crippen LogP) is 4.26. The Morgan fingerprint density at radius 3 is 2.67 bits per heavy atom. The molecule has 2 N–H and O–H groups in total. The number of hydrogen-bond acceptors (Lipinski definition) is 3. The van der Waals surface area contributed by atoms with Crippen molar-refractivity contribution < 1.29 is 9.84 Å². The number of aryl methyl sites for hydroxylation is 1. The van der Waals surface area contributed by atoms with Crippen LogP contribution in [0.4, 0.5) is 5.69 Å². The van der Waals surface area contributed by atoms with Gasteiger partial charge in [0.05, 0.1) is 10.7 Å². The summed E-state index contributed by atoms with van der Waals surface area (Å²) in [4.78, 5) is 0. The van der Waals surface area contributed by atoms with Crippen LogP contribution in [-0.4, -0.2) is 24.4 Å². The third kappa shape index (κ3) is 5.23.